The number of thiazole rings is 5. The molecule has 0 amide bonds. The van der Waals surface area contributed by atoms with E-state index in [1.807, 2.05) is 70.5 Å². The Labute approximate surface area is 692 Å². The first-order valence-corrected chi connectivity index (χ1v) is 43.1. The molecule has 5 saturated heterocycles. The Morgan fingerprint density at radius 2 is 0.707 bits per heavy atom. The van der Waals surface area contributed by atoms with Gasteiger partial charge in [-0.2, -0.15) is 4.39 Å². The van der Waals surface area contributed by atoms with Gasteiger partial charge in [0.05, 0.1) is 121 Å². The summed E-state index contributed by atoms with van der Waals surface area (Å²) in [7, 11) is 0. The molecule has 6 fully saturated rings. The van der Waals surface area contributed by atoms with Crippen molar-refractivity contribution in [2.75, 3.05) is 66.1 Å². The average Bonchev–Trinajstić information content (AvgIpc) is 1.66. The zero-order valence-electron chi connectivity index (χ0n) is 66.3. The molecule has 32 heteroatoms. The van der Waals surface area contributed by atoms with Crippen LogP contribution in [0, 0.1) is 53.6 Å². The van der Waals surface area contributed by atoms with Gasteiger partial charge in [-0.25, -0.2) is 54.2 Å². The number of aromatic nitrogens is 10. The lowest BCUT2D eigenvalue weighted by Crippen LogP contribution is -2.16. The van der Waals surface area contributed by atoms with E-state index in [0.29, 0.717) is 149 Å². The van der Waals surface area contributed by atoms with Crippen LogP contribution in [0.5, 0.6) is 28.7 Å². The Balaban J connectivity index is 0.000000134. The number of aryl methyl sites for hydroxylation is 8. The predicted molar refractivity (Wildman–Crippen MR) is 435 cm³/mol. The number of pyridine rings is 5. The third-order valence-corrected chi connectivity index (χ3v) is 23.1. The van der Waals surface area contributed by atoms with E-state index in [4.69, 9.17) is 47.4 Å². The largest absolute Gasteiger partial charge is 0.488 e. The first kappa shape index (κ1) is 86.3. The normalized spacial score (nSPS) is 18.3. The third kappa shape index (κ3) is 26.5. The molecule has 0 radical (unpaired) electrons. The van der Waals surface area contributed by atoms with Gasteiger partial charge in [0.15, 0.2) is 34.0 Å². The molecule has 6 atom stereocenters. The molecule has 116 heavy (non-hydrogen) atoms. The smallest absolute Gasteiger partial charge is 0.199 e. The molecule has 614 valence electrons. The fourth-order valence-corrected chi connectivity index (χ4v) is 16.7. The molecule has 16 rings (SSSR count). The quantitative estimate of drug-likeness (QED) is 0.0411. The van der Waals surface area contributed by atoms with Crippen LogP contribution in [0.1, 0.15) is 205 Å². The number of rotatable bonds is 28. The van der Waals surface area contributed by atoms with Gasteiger partial charge in [0.25, 0.3) is 0 Å². The van der Waals surface area contributed by atoms with Crippen molar-refractivity contribution in [1.29, 1.82) is 0 Å². The van der Waals surface area contributed by atoms with Crippen LogP contribution in [0.25, 0.3) is 0 Å². The number of carbonyl (C=O) groups excluding carboxylic acids is 5. The second-order valence-electron chi connectivity index (χ2n) is 28.8. The molecular formula is C84H94F2N10O15S5. The van der Waals surface area contributed by atoms with Crippen molar-refractivity contribution < 1.29 is 80.1 Å². The summed E-state index contributed by atoms with van der Waals surface area (Å²) in [5, 5.41) is 10.9. The Kier molecular flexibility index (Phi) is 31.1. The van der Waals surface area contributed by atoms with Crippen molar-refractivity contribution in [2.24, 2.45) is 0 Å². The maximum atomic E-state index is 13.3. The Morgan fingerprint density at radius 1 is 0.388 bits per heavy atom. The summed E-state index contributed by atoms with van der Waals surface area (Å²) in [5.74, 6) is 3.48. The number of hydrogen-bond acceptors (Lipinski definition) is 30. The summed E-state index contributed by atoms with van der Waals surface area (Å²) in [4.78, 5) is 105. The molecule has 0 bridgehead atoms. The van der Waals surface area contributed by atoms with E-state index in [-0.39, 0.29) is 90.3 Å². The second-order valence-corrected chi connectivity index (χ2v) is 33.6. The van der Waals surface area contributed by atoms with Gasteiger partial charge in [-0.05, 0) is 74.7 Å². The van der Waals surface area contributed by atoms with Crippen molar-refractivity contribution >= 4 is 85.6 Å². The monoisotopic (exact) mass is 1680 g/mol. The van der Waals surface area contributed by atoms with Gasteiger partial charge >= 0.3 is 0 Å². The molecule has 10 aromatic rings. The van der Waals surface area contributed by atoms with E-state index in [0.717, 1.165) is 119 Å². The van der Waals surface area contributed by atoms with Gasteiger partial charge in [0, 0.05) is 154 Å². The molecule has 25 nitrogen and oxygen atoms in total. The highest BCUT2D eigenvalue weighted by molar-refractivity contribution is 7.11. The number of ether oxygens (including phenoxy) is 10. The highest BCUT2D eigenvalue weighted by Gasteiger charge is 2.29. The lowest BCUT2D eigenvalue weighted by molar-refractivity contribution is 0.0978. The maximum absolute atomic E-state index is 13.3. The number of hydrogen-bond donors (Lipinski definition) is 0. The van der Waals surface area contributed by atoms with E-state index < -0.39 is 6.17 Å². The molecule has 5 aliphatic heterocycles. The van der Waals surface area contributed by atoms with Gasteiger partial charge in [-0.3, -0.25) is 24.0 Å². The van der Waals surface area contributed by atoms with Crippen molar-refractivity contribution in [3.05, 3.63) is 198 Å². The maximum Gasteiger partial charge on any atom is 0.199 e. The van der Waals surface area contributed by atoms with Crippen LogP contribution < -0.4 is 23.7 Å². The van der Waals surface area contributed by atoms with Gasteiger partial charge in [-0.15, -0.1) is 45.3 Å². The van der Waals surface area contributed by atoms with Crippen LogP contribution in [0.3, 0.4) is 0 Å². The van der Waals surface area contributed by atoms with Crippen molar-refractivity contribution in [1.82, 2.24) is 49.8 Å². The number of alkyl halides is 1. The number of Topliss-reactive ketones (excluding diaryl/α,β-unsaturated/α-hetero) is 5. The van der Waals surface area contributed by atoms with Crippen LogP contribution >= 0.6 is 56.7 Å². The van der Waals surface area contributed by atoms with Gasteiger partial charge in [0.1, 0.15) is 119 Å². The van der Waals surface area contributed by atoms with Crippen molar-refractivity contribution in [3.8, 4) is 28.7 Å². The van der Waals surface area contributed by atoms with E-state index >= 15 is 0 Å². The minimum Gasteiger partial charge on any atom is -0.488 e. The van der Waals surface area contributed by atoms with Crippen molar-refractivity contribution in [3.63, 3.8) is 0 Å². The summed E-state index contributed by atoms with van der Waals surface area (Å²) in [6.07, 6.45) is 7.75. The topological polar surface area (TPSA) is 307 Å². The zero-order valence-corrected chi connectivity index (χ0v) is 70.4. The summed E-state index contributed by atoms with van der Waals surface area (Å²) >= 11 is 6.78. The van der Waals surface area contributed by atoms with Gasteiger partial charge < -0.3 is 47.4 Å². The minimum absolute atomic E-state index is 0.00969. The Hall–Kier alpha value is -9.09. The fraction of sp³-hybridized carbons (Fsp3) is 0.464. The second kappa shape index (κ2) is 41.8. The highest BCUT2D eigenvalue weighted by Crippen LogP contribution is 2.40. The first-order chi connectivity index (χ1) is 55.9. The average molecular weight is 1680 g/mol. The summed E-state index contributed by atoms with van der Waals surface area (Å²) in [5.41, 5.74) is 9.52. The van der Waals surface area contributed by atoms with Gasteiger partial charge in [-0.1, -0.05) is 18.3 Å². The van der Waals surface area contributed by atoms with Crippen LogP contribution in [0.4, 0.5) is 8.78 Å². The first-order valence-electron chi connectivity index (χ1n) is 38.7. The minimum atomic E-state index is -1.13. The van der Waals surface area contributed by atoms with E-state index in [1.54, 1.807) is 66.1 Å². The Morgan fingerprint density at radius 3 is 0.991 bits per heavy atom. The SMILES string of the molecule is CCc1csc(CC(=O)c2cc(O[C@@H]3CCOC3)cc(C)n2)n1.Cc1cc(O[C@@H]2CCOC2)cc(C(=O)Cc2nc(C(C)F)cs2)n1.Cc1cc(O[C@@H]2CCOC2)cc(C(=O)Cc2nc(C)c(F)s2)n1.Cc1cc(O[C@@H]2CCOC2)cc(C(=O)Cc2nc(C)cs2)n1.Cc1cc(O[C@@H]2CCOC2)cc(C(=O)Cc2nc(C3CC3)cs2)n1. The molecule has 0 aromatic carbocycles. The molecular weight excluding hydrogens is 1590 g/mol. The van der Waals surface area contributed by atoms with Crippen LogP contribution in [-0.2, 0) is 62.2 Å². The van der Waals surface area contributed by atoms with E-state index in [1.165, 1.54) is 53.8 Å². The van der Waals surface area contributed by atoms with E-state index in [9.17, 15) is 32.8 Å². The molecule has 0 N–H and O–H groups in total. The molecule has 0 spiro atoms. The lowest BCUT2D eigenvalue weighted by atomic mass is 10.2. The number of halogens is 2. The molecule has 1 unspecified atom stereocenters. The molecule has 1 aliphatic carbocycles. The molecule has 1 saturated carbocycles. The molecule has 15 heterocycles. The lowest BCUT2D eigenvalue weighted by Gasteiger charge is -2.13. The third-order valence-electron chi connectivity index (χ3n) is 18.5. The summed E-state index contributed by atoms with van der Waals surface area (Å²) in [6.45, 7) is 22.7. The zero-order chi connectivity index (χ0) is 81.8. The summed E-state index contributed by atoms with van der Waals surface area (Å²) < 4.78 is 82.4. The fourth-order valence-electron chi connectivity index (χ4n) is 12.5. The highest BCUT2D eigenvalue weighted by atomic mass is 32.1. The van der Waals surface area contributed by atoms with E-state index in [2.05, 4.69) is 62.1 Å². The molecule has 10 aromatic heterocycles. The summed E-state index contributed by atoms with van der Waals surface area (Å²) in [6, 6.07) is 17.6. The Bertz CT molecular complexity index is 4860. The molecule has 6 aliphatic rings. The van der Waals surface area contributed by atoms with Gasteiger partial charge in [0.2, 0.25) is 0 Å². The number of nitrogens with zero attached hydrogens (tertiary/aromatic N) is 10. The standard InChI is InChI=1S/C18H20N2O3S.C17H19FN2O3S.C17H20N2O3S.C16H17FN2O3S.C16H18N2O3S/c1-11-6-14(23-13-4-5-22-9-13)7-15(19-11)17(21)8-18-20-16(10-24-18)12-2-3-12;1-10-5-13(23-12-3-4-22-8-12)6-14(19-10)16(21)7-17-20-15(9-24-17)11(2)18;1-3-12-10-23-17(19-12)8-16(20)15-7-14(6-11(2)18-15)22-13-4-5-21-9-13;1-9-5-12(22-11-3-4-21-8-11)6-13(18-9)14(20)7-15-19-10(2)16(17)23-15;1-10-5-13(21-12-3-4-20-8-12)6-14(17-10)15(19)7-16-18-11(2)9-22-16/h6-7,10,12-13H,2-5,8-9H2,1H3;5-6,9,11-12H,3-4,7-8H2,1-2H3;6-7,10,13H,3-5,8-9H2,1-2H3;5-6,11H,3-4,7-8H2,1-2H3;5-6,9,12H,3-4,7-8H2,1-2H3/t13-;11?,12-;13-;11-;12-/m11111/s1. The number of carbonyl (C=O) groups is 5. The van der Waals surface area contributed by atoms with Crippen LogP contribution in [0.2, 0.25) is 0 Å². The number of ketones is 5. The van der Waals surface area contributed by atoms with Crippen LogP contribution in [-0.4, -0.2) is 175 Å². The predicted octanol–water partition coefficient (Wildman–Crippen LogP) is 15.4. The van der Waals surface area contributed by atoms with Crippen LogP contribution in [0.15, 0.2) is 82.2 Å². The van der Waals surface area contributed by atoms with Crippen molar-refractivity contribution in [2.45, 2.75) is 188 Å².